The number of aromatic nitrogens is 6. The number of nitro groups is 2. The first kappa shape index (κ1) is 32.3. The third-order valence-electron chi connectivity index (χ3n) is 6.01. The SMILES string of the molecule is CI1OC(C)(C)c2ccccc21.Cc1cc([N+](=O)[O-])c2nnn(O)c2c1.Cc1cc([N+](=O)[O-])c2nnn(OC(F)(F)F)c2c1. The summed E-state index contributed by atoms with van der Waals surface area (Å²) < 4.78 is 43.7. The van der Waals surface area contributed by atoms with Crippen LogP contribution >= 0.6 is 20.2 Å². The Balaban J connectivity index is 0.000000154. The molecule has 0 bridgehead atoms. The molecule has 0 amide bonds. The van der Waals surface area contributed by atoms with Gasteiger partial charge in [-0.25, -0.2) is 0 Å². The maximum atomic E-state index is 12.1. The van der Waals surface area contributed by atoms with Gasteiger partial charge in [0.1, 0.15) is 11.0 Å². The van der Waals surface area contributed by atoms with Gasteiger partial charge in [-0.3, -0.25) is 25.1 Å². The number of nitro benzene ring substituents is 2. The molecule has 44 heavy (non-hydrogen) atoms. The molecule has 3 heterocycles. The molecular weight excluding hydrogens is 708 g/mol. The Labute approximate surface area is 253 Å². The summed E-state index contributed by atoms with van der Waals surface area (Å²) in [6.45, 7) is 7.51. The Morgan fingerprint density at radius 1 is 0.932 bits per heavy atom. The molecule has 1 N–H and O–H groups in total. The second-order valence-electron chi connectivity index (χ2n) is 9.78. The summed E-state index contributed by atoms with van der Waals surface area (Å²) in [6, 6.07) is 14.0. The number of hydrogen-bond donors (Lipinski definition) is 1. The molecule has 5 aromatic rings. The smallest absolute Gasteiger partial charge is 0.410 e. The molecule has 0 aliphatic carbocycles. The van der Waals surface area contributed by atoms with Gasteiger partial charge in [0.25, 0.3) is 11.4 Å². The van der Waals surface area contributed by atoms with Crippen molar-refractivity contribution in [2.24, 2.45) is 0 Å². The number of non-ortho nitro benzene ring substituents is 2. The quantitative estimate of drug-likeness (QED) is 0.0794. The van der Waals surface area contributed by atoms with E-state index in [1.807, 2.05) is 0 Å². The van der Waals surface area contributed by atoms with Crippen molar-refractivity contribution < 1.29 is 36.1 Å². The van der Waals surface area contributed by atoms with Crippen molar-refractivity contribution in [3.63, 3.8) is 0 Å². The molecule has 0 fully saturated rings. The Morgan fingerprint density at radius 3 is 2.00 bits per heavy atom. The standard InChI is InChI=1S/C10H13IO.C8H5F3N4O3.C7H6N4O3/c1-10(2)8-6-4-5-7-9(8)11(3)12-10;1-4-2-5-7(6(3-4)15(16)17)12-13-14(5)18-8(9,10)11;1-4-2-5-7(8-9-10(5)12)6(3-4)11(13)14/h4-7H,1-3H3;2-3H,1H3;2-3,12H,1H3. The molecule has 15 nitrogen and oxygen atoms in total. The molecule has 0 saturated heterocycles. The van der Waals surface area contributed by atoms with Crippen molar-refractivity contribution in [1.29, 1.82) is 0 Å². The first-order chi connectivity index (χ1) is 20.5. The summed E-state index contributed by atoms with van der Waals surface area (Å²) in [6.07, 6.45) is -4.96. The third kappa shape index (κ3) is 6.93. The topological polar surface area (TPSA) is 186 Å². The van der Waals surface area contributed by atoms with E-state index in [0.29, 0.717) is 16.0 Å². The van der Waals surface area contributed by atoms with Crippen LogP contribution in [0.2, 0.25) is 0 Å². The van der Waals surface area contributed by atoms with Gasteiger partial charge >= 0.3 is 87.4 Å². The zero-order valence-electron chi connectivity index (χ0n) is 23.6. The van der Waals surface area contributed by atoms with Crippen molar-refractivity contribution in [2.75, 3.05) is 4.93 Å². The van der Waals surface area contributed by atoms with Crippen LogP contribution in [0.5, 0.6) is 0 Å². The van der Waals surface area contributed by atoms with Crippen molar-refractivity contribution >= 4 is 53.7 Å². The largest absolute Gasteiger partial charge is 0.593 e. The third-order valence-corrected chi connectivity index (χ3v) is 10.3. The number of hydrogen-bond acceptors (Lipinski definition) is 11. The molecule has 234 valence electrons. The van der Waals surface area contributed by atoms with Crippen LogP contribution in [0.25, 0.3) is 22.1 Å². The Kier molecular flexibility index (Phi) is 8.91. The number of aryl methyl sites for hydroxylation is 2. The summed E-state index contributed by atoms with van der Waals surface area (Å²) in [4.78, 5) is 26.5. The van der Waals surface area contributed by atoms with Gasteiger partial charge in [0.05, 0.1) is 9.85 Å². The van der Waals surface area contributed by atoms with E-state index in [2.05, 4.69) is 68.5 Å². The second-order valence-corrected chi connectivity index (χ2v) is 13.8. The van der Waals surface area contributed by atoms with E-state index >= 15 is 0 Å². The average molecular weight is 732 g/mol. The van der Waals surface area contributed by atoms with E-state index in [1.54, 1.807) is 13.0 Å². The number of halogens is 4. The molecule has 0 saturated carbocycles. The number of rotatable bonds is 3. The van der Waals surface area contributed by atoms with Crippen LogP contribution in [0.3, 0.4) is 0 Å². The maximum Gasteiger partial charge on any atom is 0.593 e. The number of nitrogens with zero attached hydrogens (tertiary/aromatic N) is 8. The first-order valence-electron chi connectivity index (χ1n) is 12.3. The Hall–Kier alpha value is -4.66. The minimum Gasteiger partial charge on any atom is -0.410 e. The van der Waals surface area contributed by atoms with E-state index in [-0.39, 0.29) is 38.2 Å². The van der Waals surface area contributed by atoms with Crippen molar-refractivity contribution in [1.82, 2.24) is 30.3 Å². The van der Waals surface area contributed by atoms with Crippen LogP contribution in [-0.2, 0) is 8.67 Å². The minimum atomic E-state index is -4.96. The van der Waals surface area contributed by atoms with Gasteiger partial charge < -0.3 is 5.21 Å². The van der Waals surface area contributed by atoms with Crippen LogP contribution < -0.4 is 4.84 Å². The summed E-state index contributed by atoms with van der Waals surface area (Å²) >= 11 is -1.24. The fraction of sp³-hybridized carbons (Fsp3) is 0.280. The van der Waals surface area contributed by atoms with Crippen LogP contribution in [0.1, 0.15) is 30.5 Å². The molecule has 0 spiro atoms. The van der Waals surface area contributed by atoms with E-state index in [4.69, 9.17) is 8.27 Å². The zero-order chi connectivity index (χ0) is 32.6. The van der Waals surface area contributed by atoms with E-state index in [9.17, 15) is 33.4 Å². The van der Waals surface area contributed by atoms with E-state index in [1.165, 1.54) is 34.3 Å². The molecule has 2 aromatic heterocycles. The number of fused-ring (bicyclic) bond motifs is 3. The second kappa shape index (κ2) is 12.1. The van der Waals surface area contributed by atoms with Gasteiger partial charge in [-0.05, 0) is 47.5 Å². The number of alkyl halides is 4. The van der Waals surface area contributed by atoms with E-state index < -0.39 is 42.1 Å². The molecule has 1 aliphatic rings. The number of benzene rings is 3. The molecule has 6 rings (SSSR count). The van der Waals surface area contributed by atoms with Gasteiger partial charge in [0, 0.05) is 12.1 Å². The monoisotopic (exact) mass is 732 g/mol. The summed E-state index contributed by atoms with van der Waals surface area (Å²) in [7, 11) is 0. The molecule has 1 aliphatic heterocycles. The van der Waals surface area contributed by atoms with Crippen LogP contribution in [-0.4, -0.2) is 56.7 Å². The van der Waals surface area contributed by atoms with Crippen molar-refractivity contribution in [3.8, 4) is 0 Å². The van der Waals surface area contributed by atoms with Crippen LogP contribution in [0.4, 0.5) is 24.5 Å². The maximum absolute atomic E-state index is 12.1. The molecule has 0 radical (unpaired) electrons. The summed E-state index contributed by atoms with van der Waals surface area (Å²) in [5.74, 6) is 0. The molecule has 0 atom stereocenters. The van der Waals surface area contributed by atoms with Gasteiger partial charge in [0.2, 0.25) is 0 Å². The Morgan fingerprint density at radius 2 is 1.45 bits per heavy atom. The normalized spacial score (nSPS) is 14.3. The molecule has 0 unspecified atom stereocenters. The fourth-order valence-electron chi connectivity index (χ4n) is 4.25. The molecular formula is C25H24F3IN8O7. The average Bonchev–Trinajstić information content (AvgIpc) is 3.56. The molecule has 3 aromatic carbocycles. The van der Waals surface area contributed by atoms with Gasteiger partial charge in [-0.1, -0.05) is 9.69 Å². The van der Waals surface area contributed by atoms with Gasteiger partial charge in [-0.2, -0.15) is 0 Å². The molecule has 19 heteroatoms. The fourth-order valence-corrected chi connectivity index (χ4v) is 8.74. The first-order valence-corrected chi connectivity index (χ1v) is 16.5. The predicted octanol–water partition coefficient (Wildman–Crippen LogP) is 5.65. The Bertz CT molecular complexity index is 1880. The predicted molar refractivity (Wildman–Crippen MR) is 157 cm³/mol. The van der Waals surface area contributed by atoms with Crippen LogP contribution in [0, 0.1) is 37.6 Å². The van der Waals surface area contributed by atoms with Crippen LogP contribution in [0.15, 0.2) is 48.5 Å². The van der Waals surface area contributed by atoms with Gasteiger partial charge in [-0.15, -0.1) is 23.4 Å². The summed E-state index contributed by atoms with van der Waals surface area (Å²) in [5.41, 5.74) is 1.68. The zero-order valence-corrected chi connectivity index (χ0v) is 25.8. The minimum absolute atomic E-state index is 0.0316. The van der Waals surface area contributed by atoms with E-state index in [0.717, 1.165) is 0 Å². The van der Waals surface area contributed by atoms with Crippen molar-refractivity contribution in [2.45, 2.75) is 39.7 Å². The van der Waals surface area contributed by atoms with Gasteiger partial charge in [0.15, 0.2) is 11.0 Å². The summed E-state index contributed by atoms with van der Waals surface area (Å²) in [5, 5.41) is 43.7. The van der Waals surface area contributed by atoms with Crippen molar-refractivity contribution in [3.05, 3.63) is 89.0 Å².